The highest BCUT2D eigenvalue weighted by molar-refractivity contribution is 14.0. The van der Waals surface area contributed by atoms with Crippen LogP contribution in [0.2, 0.25) is 0 Å². The number of piperazine rings is 1. The lowest BCUT2D eigenvalue weighted by Crippen LogP contribution is -2.53. The molecule has 1 aromatic carbocycles. The number of furan rings is 1. The molecule has 0 unspecified atom stereocenters. The molecule has 1 aliphatic rings. The number of rotatable bonds is 4. The van der Waals surface area contributed by atoms with Gasteiger partial charge in [-0.05, 0) is 29.8 Å². The summed E-state index contributed by atoms with van der Waals surface area (Å²) in [5, 5.41) is 6.13. The molecule has 1 aliphatic heterocycles. The van der Waals surface area contributed by atoms with E-state index in [0.717, 1.165) is 17.2 Å². The molecule has 1 saturated heterocycles. The van der Waals surface area contributed by atoms with Crippen molar-refractivity contribution in [3.05, 3.63) is 54.0 Å². The van der Waals surface area contributed by atoms with Crippen LogP contribution in [0.15, 0.2) is 52.1 Å². The minimum atomic E-state index is -0.0946. The van der Waals surface area contributed by atoms with Crippen LogP contribution in [0.1, 0.15) is 23.0 Å². The van der Waals surface area contributed by atoms with Crippen molar-refractivity contribution < 1.29 is 14.0 Å². The number of halogens is 1. The van der Waals surface area contributed by atoms with Gasteiger partial charge in [0, 0.05) is 52.4 Å². The maximum Gasteiger partial charge on any atom is 0.289 e. The zero-order valence-electron chi connectivity index (χ0n) is 16.6. The number of aliphatic imine (C=N–C) groups is 1. The average molecular weight is 511 g/mol. The van der Waals surface area contributed by atoms with E-state index in [4.69, 9.17) is 4.42 Å². The summed E-state index contributed by atoms with van der Waals surface area (Å²) in [6.45, 7) is 4.68. The number of nitrogens with zero attached hydrogens (tertiary/aromatic N) is 3. The van der Waals surface area contributed by atoms with Crippen LogP contribution in [0.3, 0.4) is 0 Å². The second-order valence-corrected chi connectivity index (χ2v) is 6.54. The summed E-state index contributed by atoms with van der Waals surface area (Å²) in [5.41, 5.74) is 1.81. The van der Waals surface area contributed by atoms with Crippen molar-refractivity contribution in [2.24, 2.45) is 4.99 Å². The second-order valence-electron chi connectivity index (χ2n) is 6.54. The summed E-state index contributed by atoms with van der Waals surface area (Å²) in [4.78, 5) is 31.8. The Hall–Kier alpha value is -2.56. The largest absolute Gasteiger partial charge is 0.459 e. The van der Waals surface area contributed by atoms with Crippen molar-refractivity contribution in [1.29, 1.82) is 0 Å². The SMILES string of the molecule is CN=C(NCc1cccc(NC(C)=O)c1)N1CCN(C(=O)c2ccco2)CC1.I. The van der Waals surface area contributed by atoms with E-state index >= 15 is 0 Å². The molecule has 1 aromatic heterocycles. The summed E-state index contributed by atoms with van der Waals surface area (Å²) < 4.78 is 5.20. The van der Waals surface area contributed by atoms with Crippen molar-refractivity contribution in [2.45, 2.75) is 13.5 Å². The molecule has 0 bridgehead atoms. The van der Waals surface area contributed by atoms with E-state index in [-0.39, 0.29) is 35.8 Å². The van der Waals surface area contributed by atoms with Gasteiger partial charge in [-0.3, -0.25) is 14.6 Å². The van der Waals surface area contributed by atoms with Crippen LogP contribution >= 0.6 is 24.0 Å². The maximum absolute atomic E-state index is 12.4. The van der Waals surface area contributed by atoms with Crippen molar-refractivity contribution in [3.8, 4) is 0 Å². The molecular weight excluding hydrogens is 485 g/mol. The first-order valence-electron chi connectivity index (χ1n) is 9.21. The van der Waals surface area contributed by atoms with E-state index in [0.29, 0.717) is 38.5 Å². The summed E-state index contributed by atoms with van der Waals surface area (Å²) in [6.07, 6.45) is 1.51. The van der Waals surface area contributed by atoms with Gasteiger partial charge in [-0.1, -0.05) is 12.1 Å². The molecule has 8 nitrogen and oxygen atoms in total. The minimum absolute atomic E-state index is 0. The van der Waals surface area contributed by atoms with E-state index in [1.165, 1.54) is 13.2 Å². The van der Waals surface area contributed by atoms with Crippen LogP contribution in [-0.2, 0) is 11.3 Å². The molecule has 0 radical (unpaired) electrons. The van der Waals surface area contributed by atoms with Gasteiger partial charge in [0.1, 0.15) is 0 Å². The van der Waals surface area contributed by atoms with E-state index < -0.39 is 0 Å². The lowest BCUT2D eigenvalue weighted by molar-refractivity contribution is -0.114. The van der Waals surface area contributed by atoms with Gasteiger partial charge >= 0.3 is 0 Å². The fraction of sp³-hybridized carbons (Fsp3) is 0.350. The third-order valence-electron chi connectivity index (χ3n) is 4.51. The Morgan fingerprint density at radius 1 is 1.10 bits per heavy atom. The van der Waals surface area contributed by atoms with Crippen LogP contribution in [0, 0.1) is 0 Å². The number of amides is 2. The highest BCUT2D eigenvalue weighted by Crippen LogP contribution is 2.12. The summed E-state index contributed by atoms with van der Waals surface area (Å²) in [6, 6.07) is 11.1. The molecule has 3 rings (SSSR count). The molecule has 0 aliphatic carbocycles. The molecule has 2 amide bonds. The van der Waals surface area contributed by atoms with Crippen molar-refractivity contribution in [3.63, 3.8) is 0 Å². The predicted octanol–water partition coefficient (Wildman–Crippen LogP) is 2.39. The van der Waals surface area contributed by atoms with Crippen molar-refractivity contribution in [2.75, 3.05) is 38.5 Å². The van der Waals surface area contributed by atoms with Crippen LogP contribution in [0.5, 0.6) is 0 Å². The summed E-state index contributed by atoms with van der Waals surface area (Å²) in [5.74, 6) is 0.982. The van der Waals surface area contributed by atoms with Crippen LogP contribution in [0.25, 0.3) is 0 Å². The molecule has 0 saturated carbocycles. The van der Waals surface area contributed by atoms with Gasteiger partial charge in [0.25, 0.3) is 5.91 Å². The number of hydrogen-bond acceptors (Lipinski definition) is 4. The van der Waals surface area contributed by atoms with Crippen LogP contribution < -0.4 is 10.6 Å². The van der Waals surface area contributed by atoms with Crippen molar-refractivity contribution >= 4 is 47.4 Å². The highest BCUT2D eigenvalue weighted by atomic mass is 127. The fourth-order valence-electron chi connectivity index (χ4n) is 3.15. The van der Waals surface area contributed by atoms with E-state index in [9.17, 15) is 9.59 Å². The third-order valence-corrected chi connectivity index (χ3v) is 4.51. The Labute approximate surface area is 187 Å². The number of carbonyl (C=O) groups excluding carboxylic acids is 2. The lowest BCUT2D eigenvalue weighted by atomic mass is 10.2. The average Bonchev–Trinajstić information content (AvgIpc) is 3.23. The first kappa shape index (κ1) is 22.7. The Morgan fingerprint density at radius 3 is 2.45 bits per heavy atom. The molecular formula is C20H26IN5O3. The van der Waals surface area contributed by atoms with Crippen LogP contribution in [-0.4, -0.2) is 60.8 Å². The monoisotopic (exact) mass is 511 g/mol. The normalized spacial score (nSPS) is 14.2. The molecule has 0 spiro atoms. The summed E-state index contributed by atoms with van der Waals surface area (Å²) in [7, 11) is 1.75. The molecule has 2 N–H and O–H groups in total. The van der Waals surface area contributed by atoms with E-state index in [1.54, 1.807) is 24.1 Å². The Morgan fingerprint density at radius 2 is 1.83 bits per heavy atom. The van der Waals surface area contributed by atoms with E-state index in [2.05, 4.69) is 20.5 Å². The molecule has 156 valence electrons. The van der Waals surface area contributed by atoms with Gasteiger partial charge in [-0.15, -0.1) is 24.0 Å². The molecule has 1 fully saturated rings. The smallest absolute Gasteiger partial charge is 0.289 e. The van der Waals surface area contributed by atoms with Crippen LogP contribution in [0.4, 0.5) is 5.69 Å². The topological polar surface area (TPSA) is 90.2 Å². The number of anilines is 1. The number of carbonyl (C=O) groups is 2. The number of benzene rings is 1. The highest BCUT2D eigenvalue weighted by Gasteiger charge is 2.25. The van der Waals surface area contributed by atoms with E-state index in [1.807, 2.05) is 24.3 Å². The van der Waals surface area contributed by atoms with Gasteiger partial charge in [0.15, 0.2) is 11.7 Å². The Balaban J connectivity index is 0.00000300. The minimum Gasteiger partial charge on any atom is -0.459 e. The third kappa shape index (κ3) is 6.21. The molecule has 29 heavy (non-hydrogen) atoms. The second kappa shape index (κ2) is 10.8. The standard InChI is InChI=1S/C20H25N5O3.HI/c1-15(26)23-17-6-3-5-16(13-17)14-22-20(21-2)25-10-8-24(9-11-25)19(27)18-7-4-12-28-18;/h3-7,12-13H,8-11,14H2,1-2H3,(H,21,22)(H,23,26);1H. The lowest BCUT2D eigenvalue weighted by Gasteiger charge is -2.36. The number of guanidine groups is 1. The first-order valence-corrected chi connectivity index (χ1v) is 9.21. The zero-order valence-corrected chi connectivity index (χ0v) is 18.9. The van der Waals surface area contributed by atoms with Crippen molar-refractivity contribution in [1.82, 2.24) is 15.1 Å². The van der Waals surface area contributed by atoms with Gasteiger partial charge in [0.05, 0.1) is 6.26 Å². The number of hydrogen-bond donors (Lipinski definition) is 2. The summed E-state index contributed by atoms with van der Waals surface area (Å²) >= 11 is 0. The molecule has 9 heteroatoms. The quantitative estimate of drug-likeness (QED) is 0.374. The molecule has 2 aromatic rings. The fourth-order valence-corrected chi connectivity index (χ4v) is 3.15. The maximum atomic E-state index is 12.4. The predicted molar refractivity (Wildman–Crippen MR) is 123 cm³/mol. The number of nitrogens with one attached hydrogen (secondary N) is 2. The van der Waals surface area contributed by atoms with Gasteiger partial charge in [0.2, 0.25) is 5.91 Å². The van der Waals surface area contributed by atoms with Gasteiger partial charge in [-0.25, -0.2) is 0 Å². The first-order chi connectivity index (χ1) is 13.6. The zero-order chi connectivity index (χ0) is 19.9. The molecule has 2 heterocycles. The van der Waals surface area contributed by atoms with Gasteiger partial charge < -0.3 is 24.9 Å². The molecule has 0 atom stereocenters. The Bertz CT molecular complexity index is 846. The van der Waals surface area contributed by atoms with Gasteiger partial charge in [-0.2, -0.15) is 0 Å². The Kier molecular flexibility index (Phi) is 8.50.